The molecule has 0 radical (unpaired) electrons. The number of likely N-dealkylation sites (tertiary alicyclic amines) is 1. The maximum absolute atomic E-state index is 12.8. The first kappa shape index (κ1) is 19.1. The summed E-state index contributed by atoms with van der Waals surface area (Å²) in [6, 6.07) is 3.61. The molecule has 2 heterocycles. The number of amides is 1. The molecule has 1 aromatic rings. The summed E-state index contributed by atoms with van der Waals surface area (Å²) in [4.78, 5) is 20.5. The largest absolute Gasteiger partial charge is 0.363 e. The minimum atomic E-state index is -3.40. The van der Waals surface area contributed by atoms with Crippen molar-refractivity contribution in [1.29, 1.82) is 0 Å². The Balaban J connectivity index is 1.66. The average Bonchev–Trinajstić information content (AvgIpc) is 3.13. The van der Waals surface area contributed by atoms with Crippen LogP contribution in [-0.2, 0) is 10.0 Å². The van der Waals surface area contributed by atoms with Gasteiger partial charge in [-0.05, 0) is 37.8 Å². The van der Waals surface area contributed by atoms with Crippen molar-refractivity contribution < 1.29 is 13.2 Å². The van der Waals surface area contributed by atoms with Gasteiger partial charge in [0.05, 0.1) is 10.8 Å². The van der Waals surface area contributed by atoms with Crippen LogP contribution in [0.2, 0.25) is 0 Å². The molecule has 0 bridgehead atoms. The number of hydrogen-bond donors (Lipinski definition) is 1. The van der Waals surface area contributed by atoms with Gasteiger partial charge in [-0.1, -0.05) is 12.8 Å². The number of nitrogens with zero attached hydrogens (tertiary/aromatic N) is 3. The second kappa shape index (κ2) is 7.92. The summed E-state index contributed by atoms with van der Waals surface area (Å²) in [5, 5.41) is -0.533. The molecule has 0 unspecified atom stereocenters. The molecule has 0 aromatic carbocycles. The maximum Gasteiger partial charge on any atom is 0.255 e. The monoisotopic (exact) mass is 380 g/mol. The number of pyridine rings is 1. The van der Waals surface area contributed by atoms with Crippen molar-refractivity contribution in [3.8, 4) is 0 Å². The molecule has 2 fully saturated rings. The van der Waals surface area contributed by atoms with Gasteiger partial charge in [-0.25, -0.2) is 18.1 Å². The van der Waals surface area contributed by atoms with Gasteiger partial charge in [-0.15, -0.1) is 0 Å². The second-order valence-electron chi connectivity index (χ2n) is 7.46. The Morgan fingerprint density at radius 3 is 2.54 bits per heavy atom. The van der Waals surface area contributed by atoms with E-state index >= 15 is 0 Å². The van der Waals surface area contributed by atoms with Gasteiger partial charge in [0.25, 0.3) is 5.91 Å². The van der Waals surface area contributed by atoms with Gasteiger partial charge in [0.2, 0.25) is 10.0 Å². The van der Waals surface area contributed by atoms with Crippen LogP contribution < -0.4 is 9.62 Å². The van der Waals surface area contributed by atoms with Crippen LogP contribution in [0, 0.1) is 0 Å². The summed E-state index contributed by atoms with van der Waals surface area (Å²) >= 11 is 0. The molecule has 1 amide bonds. The van der Waals surface area contributed by atoms with Crippen LogP contribution in [0.25, 0.3) is 0 Å². The van der Waals surface area contributed by atoms with Gasteiger partial charge in [0.15, 0.2) is 0 Å². The van der Waals surface area contributed by atoms with E-state index < -0.39 is 15.3 Å². The number of nitrogens with one attached hydrogen (secondary N) is 1. The molecule has 1 saturated heterocycles. The highest BCUT2D eigenvalue weighted by molar-refractivity contribution is 7.90. The number of carbonyl (C=O) groups is 1. The molecule has 3 rings (SSSR count). The predicted molar refractivity (Wildman–Crippen MR) is 102 cm³/mol. The molecule has 1 aliphatic carbocycles. The first-order valence-electron chi connectivity index (χ1n) is 9.30. The van der Waals surface area contributed by atoms with Crippen LogP contribution in [0.15, 0.2) is 18.3 Å². The zero-order valence-corrected chi connectivity index (χ0v) is 16.3. The van der Waals surface area contributed by atoms with Crippen LogP contribution in [0.3, 0.4) is 0 Å². The highest BCUT2D eigenvalue weighted by Crippen LogP contribution is 2.23. The van der Waals surface area contributed by atoms with Crippen molar-refractivity contribution in [2.75, 3.05) is 32.1 Å². The Morgan fingerprint density at radius 1 is 1.19 bits per heavy atom. The summed E-state index contributed by atoms with van der Waals surface area (Å²) in [7, 11) is 0.381. The Kier molecular flexibility index (Phi) is 5.82. The molecule has 0 spiro atoms. The summed E-state index contributed by atoms with van der Waals surface area (Å²) in [6.07, 6.45) is 6.86. The molecule has 2 aliphatic rings. The quantitative estimate of drug-likeness (QED) is 0.839. The Morgan fingerprint density at radius 2 is 1.92 bits per heavy atom. The van der Waals surface area contributed by atoms with E-state index in [-0.39, 0.29) is 18.5 Å². The SMILES string of the molecule is CN(C)c1ccc(C(=O)N2CCC[C@@H](S(=O)(=O)NC3CCCC3)C2)cn1. The van der Waals surface area contributed by atoms with Crippen molar-refractivity contribution in [2.24, 2.45) is 0 Å². The lowest BCUT2D eigenvalue weighted by atomic mass is 10.1. The zero-order chi connectivity index (χ0) is 18.7. The Labute approximate surface area is 155 Å². The molecule has 8 heteroatoms. The first-order chi connectivity index (χ1) is 12.4. The fourth-order valence-electron chi connectivity index (χ4n) is 3.71. The van der Waals surface area contributed by atoms with Gasteiger partial charge in [0.1, 0.15) is 5.82 Å². The molecular formula is C18H28N4O3S. The van der Waals surface area contributed by atoms with E-state index in [1.54, 1.807) is 23.2 Å². The number of hydrogen-bond acceptors (Lipinski definition) is 5. The third-order valence-electron chi connectivity index (χ3n) is 5.24. The van der Waals surface area contributed by atoms with E-state index in [0.29, 0.717) is 24.9 Å². The number of aromatic nitrogens is 1. The Bertz CT molecular complexity index is 727. The summed E-state index contributed by atoms with van der Waals surface area (Å²) in [5.41, 5.74) is 0.498. The van der Waals surface area contributed by atoms with E-state index in [0.717, 1.165) is 31.5 Å². The molecule has 1 saturated carbocycles. The normalized spacial score (nSPS) is 21.8. The van der Waals surface area contributed by atoms with E-state index in [4.69, 9.17) is 0 Å². The molecule has 144 valence electrons. The number of sulfonamides is 1. The third kappa shape index (κ3) is 4.35. The van der Waals surface area contributed by atoms with E-state index in [9.17, 15) is 13.2 Å². The van der Waals surface area contributed by atoms with E-state index in [1.807, 2.05) is 19.0 Å². The molecule has 1 aromatic heterocycles. The van der Waals surface area contributed by atoms with Crippen LogP contribution in [-0.4, -0.2) is 62.7 Å². The first-order valence-corrected chi connectivity index (χ1v) is 10.9. The van der Waals surface area contributed by atoms with Crippen LogP contribution in [0.5, 0.6) is 0 Å². The summed E-state index contributed by atoms with van der Waals surface area (Å²) < 4.78 is 28.3. The smallest absolute Gasteiger partial charge is 0.255 e. The minimum Gasteiger partial charge on any atom is -0.363 e. The molecule has 1 N–H and O–H groups in total. The average molecular weight is 381 g/mol. The highest BCUT2D eigenvalue weighted by Gasteiger charge is 2.34. The molecular weight excluding hydrogens is 352 g/mol. The van der Waals surface area contributed by atoms with Gasteiger partial charge in [-0.3, -0.25) is 4.79 Å². The van der Waals surface area contributed by atoms with Crippen molar-refractivity contribution in [1.82, 2.24) is 14.6 Å². The topological polar surface area (TPSA) is 82.6 Å². The van der Waals surface area contributed by atoms with Gasteiger partial charge in [0, 0.05) is 39.4 Å². The van der Waals surface area contributed by atoms with Crippen molar-refractivity contribution in [3.63, 3.8) is 0 Å². The molecule has 7 nitrogen and oxygen atoms in total. The maximum atomic E-state index is 12.8. The zero-order valence-electron chi connectivity index (χ0n) is 15.5. The summed E-state index contributed by atoms with van der Waals surface area (Å²) in [6.45, 7) is 0.833. The minimum absolute atomic E-state index is 0.0638. The van der Waals surface area contributed by atoms with Crippen LogP contribution >= 0.6 is 0 Å². The van der Waals surface area contributed by atoms with E-state index in [2.05, 4.69) is 9.71 Å². The summed E-state index contributed by atoms with van der Waals surface area (Å²) in [5.74, 6) is 0.630. The second-order valence-corrected chi connectivity index (χ2v) is 9.45. The van der Waals surface area contributed by atoms with Crippen molar-refractivity contribution in [2.45, 2.75) is 49.8 Å². The molecule has 1 aliphatic heterocycles. The lowest BCUT2D eigenvalue weighted by Gasteiger charge is -2.33. The van der Waals surface area contributed by atoms with Crippen LogP contribution in [0.1, 0.15) is 48.9 Å². The van der Waals surface area contributed by atoms with Crippen molar-refractivity contribution in [3.05, 3.63) is 23.9 Å². The van der Waals surface area contributed by atoms with Crippen molar-refractivity contribution >= 4 is 21.7 Å². The molecule has 26 heavy (non-hydrogen) atoms. The number of anilines is 1. The Hall–Kier alpha value is -1.67. The molecule has 1 atom stereocenters. The number of carbonyl (C=O) groups excluding carboxylic acids is 1. The van der Waals surface area contributed by atoms with Gasteiger partial charge < -0.3 is 9.80 Å². The number of piperidine rings is 1. The lowest BCUT2D eigenvalue weighted by molar-refractivity contribution is 0.0726. The highest BCUT2D eigenvalue weighted by atomic mass is 32.2. The lowest BCUT2D eigenvalue weighted by Crippen LogP contribution is -2.49. The van der Waals surface area contributed by atoms with Gasteiger partial charge in [-0.2, -0.15) is 0 Å². The standard InChI is InChI=1S/C18H28N4O3S/c1-21(2)17-10-9-14(12-19-17)18(23)22-11-5-8-16(13-22)26(24,25)20-15-6-3-4-7-15/h9-10,12,15-16,20H,3-8,11,13H2,1-2H3/t16-/m1/s1. The van der Waals surface area contributed by atoms with Crippen LogP contribution in [0.4, 0.5) is 5.82 Å². The predicted octanol–water partition coefficient (Wildman–Crippen LogP) is 1.61. The van der Waals surface area contributed by atoms with E-state index in [1.165, 1.54) is 0 Å². The number of rotatable bonds is 5. The fourth-order valence-corrected chi connectivity index (χ4v) is 5.45. The van der Waals surface area contributed by atoms with Gasteiger partial charge >= 0.3 is 0 Å². The third-order valence-corrected chi connectivity index (χ3v) is 7.17. The fraction of sp³-hybridized carbons (Fsp3) is 0.667.